The highest BCUT2D eigenvalue weighted by Gasteiger charge is 2.24. The molecule has 2 N–H and O–H groups in total. The Morgan fingerprint density at radius 1 is 1.25 bits per heavy atom. The third kappa shape index (κ3) is 3.33. The zero-order valence-corrected chi connectivity index (χ0v) is 16.0. The number of nitrogens with one attached hydrogen (secondary N) is 2. The van der Waals surface area contributed by atoms with Gasteiger partial charge in [0.25, 0.3) is 0 Å². The Morgan fingerprint density at radius 2 is 2.07 bits per heavy atom. The molecule has 3 aromatic rings. The summed E-state index contributed by atoms with van der Waals surface area (Å²) in [6.45, 7) is 2.67. The number of hydrogen-bond donors (Lipinski definition) is 2. The molecule has 4 rings (SSSR count). The molecule has 1 saturated heterocycles. The summed E-state index contributed by atoms with van der Waals surface area (Å²) < 4.78 is 5.46. The first-order chi connectivity index (χ1) is 13.6. The molecule has 1 aliphatic rings. The van der Waals surface area contributed by atoms with Gasteiger partial charge in [-0.1, -0.05) is 18.2 Å². The van der Waals surface area contributed by atoms with Gasteiger partial charge in [0.15, 0.2) is 0 Å². The van der Waals surface area contributed by atoms with Crippen molar-refractivity contribution in [3.8, 4) is 5.75 Å². The normalized spacial score (nSPS) is 13.9. The second-order valence-electron chi connectivity index (χ2n) is 7.03. The van der Waals surface area contributed by atoms with Gasteiger partial charge in [-0.15, -0.1) is 0 Å². The molecule has 0 saturated carbocycles. The van der Waals surface area contributed by atoms with Crippen LogP contribution >= 0.6 is 0 Å². The van der Waals surface area contributed by atoms with Crippen molar-refractivity contribution in [2.45, 2.75) is 26.2 Å². The van der Waals surface area contributed by atoms with Crippen LogP contribution in [0, 0.1) is 6.92 Å². The van der Waals surface area contributed by atoms with Crippen molar-refractivity contribution in [1.29, 1.82) is 0 Å². The van der Waals surface area contributed by atoms with E-state index in [1.54, 1.807) is 18.1 Å². The molecule has 1 fully saturated rings. The highest BCUT2D eigenvalue weighted by molar-refractivity contribution is 5.99. The number of carbonyl (C=O) groups is 2. The van der Waals surface area contributed by atoms with Crippen molar-refractivity contribution in [1.82, 2.24) is 4.98 Å². The quantitative estimate of drug-likeness (QED) is 0.710. The molecule has 28 heavy (non-hydrogen) atoms. The van der Waals surface area contributed by atoms with Gasteiger partial charge >= 0.3 is 0 Å². The molecule has 1 aromatic heterocycles. The molecule has 1 aliphatic heterocycles. The van der Waals surface area contributed by atoms with Crippen molar-refractivity contribution < 1.29 is 14.3 Å². The summed E-state index contributed by atoms with van der Waals surface area (Å²) >= 11 is 0. The Kier molecular flexibility index (Phi) is 4.77. The Morgan fingerprint density at radius 3 is 2.82 bits per heavy atom. The molecule has 144 valence electrons. The zero-order valence-electron chi connectivity index (χ0n) is 16.0. The van der Waals surface area contributed by atoms with E-state index in [-0.39, 0.29) is 18.2 Å². The van der Waals surface area contributed by atoms with Gasteiger partial charge in [0.2, 0.25) is 11.8 Å². The monoisotopic (exact) mass is 377 g/mol. The number of methoxy groups -OCH3 is 1. The van der Waals surface area contributed by atoms with Crippen LogP contribution in [0.5, 0.6) is 5.75 Å². The third-order valence-electron chi connectivity index (χ3n) is 5.19. The van der Waals surface area contributed by atoms with Crippen molar-refractivity contribution in [2.75, 3.05) is 23.9 Å². The van der Waals surface area contributed by atoms with Crippen LogP contribution in [-0.4, -0.2) is 30.5 Å². The first-order valence-corrected chi connectivity index (χ1v) is 9.41. The summed E-state index contributed by atoms with van der Waals surface area (Å²) in [6, 6.07) is 13.4. The average Bonchev–Trinajstić information content (AvgIpc) is 3.25. The van der Waals surface area contributed by atoms with Crippen LogP contribution in [0.2, 0.25) is 0 Å². The highest BCUT2D eigenvalue weighted by atomic mass is 16.5. The predicted octanol–water partition coefficient (Wildman–Crippen LogP) is 3.79. The molecule has 0 aliphatic carbocycles. The van der Waals surface area contributed by atoms with Gasteiger partial charge in [0.05, 0.1) is 19.2 Å². The first kappa shape index (κ1) is 18.1. The van der Waals surface area contributed by atoms with Crippen LogP contribution in [0.15, 0.2) is 42.5 Å². The molecule has 0 unspecified atom stereocenters. The third-order valence-corrected chi connectivity index (χ3v) is 5.19. The molecular weight excluding hydrogens is 354 g/mol. The fourth-order valence-electron chi connectivity index (χ4n) is 3.81. The molecule has 0 bridgehead atoms. The number of carbonyl (C=O) groups excluding carboxylic acids is 2. The fourth-order valence-corrected chi connectivity index (χ4v) is 3.81. The molecule has 0 radical (unpaired) electrons. The summed E-state index contributed by atoms with van der Waals surface area (Å²) in [7, 11) is 1.57. The van der Waals surface area contributed by atoms with Gasteiger partial charge in [-0.25, -0.2) is 0 Å². The molecule has 6 heteroatoms. The minimum atomic E-state index is -0.0973. The van der Waals surface area contributed by atoms with E-state index in [4.69, 9.17) is 4.74 Å². The minimum absolute atomic E-state index is 0.0973. The van der Waals surface area contributed by atoms with E-state index >= 15 is 0 Å². The van der Waals surface area contributed by atoms with Gasteiger partial charge < -0.3 is 19.9 Å². The van der Waals surface area contributed by atoms with Crippen LogP contribution in [-0.2, 0) is 16.0 Å². The summed E-state index contributed by atoms with van der Waals surface area (Å²) in [5.74, 6) is 0.584. The molecule has 2 aromatic carbocycles. The number of aromatic amines is 1. The second-order valence-corrected chi connectivity index (χ2v) is 7.03. The smallest absolute Gasteiger partial charge is 0.228 e. The van der Waals surface area contributed by atoms with Gasteiger partial charge in [-0.3, -0.25) is 9.59 Å². The van der Waals surface area contributed by atoms with E-state index in [1.807, 2.05) is 43.3 Å². The maximum atomic E-state index is 12.6. The number of aromatic nitrogens is 1. The maximum absolute atomic E-state index is 12.6. The molecule has 0 spiro atoms. The number of hydrogen-bond acceptors (Lipinski definition) is 3. The lowest BCUT2D eigenvalue weighted by Gasteiger charge is -2.19. The summed E-state index contributed by atoms with van der Waals surface area (Å²) in [5.41, 5.74) is 4.42. The van der Waals surface area contributed by atoms with Crippen molar-refractivity contribution in [3.05, 3.63) is 53.7 Å². The number of anilines is 2. The topological polar surface area (TPSA) is 74.4 Å². The predicted molar refractivity (Wildman–Crippen MR) is 110 cm³/mol. The highest BCUT2D eigenvalue weighted by Crippen LogP contribution is 2.34. The fraction of sp³-hybridized carbons (Fsp3) is 0.273. The molecule has 2 heterocycles. The van der Waals surface area contributed by atoms with E-state index in [9.17, 15) is 9.59 Å². The van der Waals surface area contributed by atoms with Crippen molar-refractivity contribution in [3.63, 3.8) is 0 Å². The number of amides is 2. The summed E-state index contributed by atoms with van der Waals surface area (Å²) in [4.78, 5) is 29.7. The molecule has 0 atom stereocenters. The van der Waals surface area contributed by atoms with Crippen molar-refractivity contribution in [2.24, 2.45) is 0 Å². The Bertz CT molecular complexity index is 1050. The Balaban J connectivity index is 1.53. The maximum Gasteiger partial charge on any atom is 0.228 e. The number of ether oxygens (including phenoxy) is 1. The van der Waals surface area contributed by atoms with E-state index < -0.39 is 0 Å². The van der Waals surface area contributed by atoms with Gasteiger partial charge in [0.1, 0.15) is 5.75 Å². The van der Waals surface area contributed by atoms with Gasteiger partial charge in [0, 0.05) is 41.3 Å². The summed E-state index contributed by atoms with van der Waals surface area (Å²) in [6.07, 6.45) is 1.70. The van der Waals surface area contributed by atoms with Crippen LogP contribution in [0.1, 0.15) is 24.1 Å². The Labute approximate surface area is 163 Å². The molecular formula is C22H23N3O3. The van der Waals surface area contributed by atoms with E-state index in [2.05, 4.69) is 10.3 Å². The largest absolute Gasteiger partial charge is 0.494 e. The SMILES string of the molecule is COc1cc(NC(=O)Cc2c(C)[nH]c3ccccc23)ccc1N1CCCC1=O. The number of benzene rings is 2. The zero-order chi connectivity index (χ0) is 19.7. The molecule has 2 amide bonds. The van der Waals surface area contributed by atoms with Crippen molar-refractivity contribution >= 4 is 34.1 Å². The van der Waals surface area contributed by atoms with Crippen LogP contribution in [0.3, 0.4) is 0 Å². The lowest BCUT2D eigenvalue weighted by Crippen LogP contribution is -2.24. The second kappa shape index (κ2) is 7.38. The van der Waals surface area contributed by atoms with E-state index in [1.165, 1.54) is 0 Å². The Hall–Kier alpha value is -3.28. The van der Waals surface area contributed by atoms with E-state index in [0.29, 0.717) is 24.4 Å². The van der Waals surface area contributed by atoms with Crippen LogP contribution in [0.25, 0.3) is 10.9 Å². The number of aryl methyl sites for hydroxylation is 1. The number of para-hydroxylation sites is 1. The van der Waals surface area contributed by atoms with E-state index in [0.717, 1.165) is 34.3 Å². The van der Waals surface area contributed by atoms with Crippen LogP contribution in [0.4, 0.5) is 11.4 Å². The van der Waals surface area contributed by atoms with Crippen LogP contribution < -0.4 is 15.0 Å². The lowest BCUT2D eigenvalue weighted by molar-refractivity contribution is -0.117. The van der Waals surface area contributed by atoms with Gasteiger partial charge in [-0.2, -0.15) is 0 Å². The molecule has 6 nitrogen and oxygen atoms in total. The average molecular weight is 377 g/mol. The number of rotatable bonds is 5. The number of nitrogens with zero attached hydrogens (tertiary/aromatic N) is 1. The number of H-pyrrole nitrogens is 1. The van der Waals surface area contributed by atoms with Gasteiger partial charge in [-0.05, 0) is 37.1 Å². The minimum Gasteiger partial charge on any atom is -0.494 e. The standard InChI is InChI=1S/C22H23N3O3/c1-14-17(16-6-3-4-7-18(16)23-14)13-21(26)24-15-9-10-19(20(12-15)28-2)25-11-5-8-22(25)27/h3-4,6-7,9-10,12,23H,5,8,11,13H2,1-2H3,(H,24,26). The number of fused-ring (bicyclic) bond motifs is 1. The first-order valence-electron chi connectivity index (χ1n) is 9.41. The lowest BCUT2D eigenvalue weighted by atomic mass is 10.1. The summed E-state index contributed by atoms with van der Waals surface area (Å²) in [5, 5.41) is 4.00.